The van der Waals surface area contributed by atoms with E-state index in [9.17, 15) is 9.18 Å². The molecule has 0 spiro atoms. The predicted octanol–water partition coefficient (Wildman–Crippen LogP) is 4.86. The van der Waals surface area contributed by atoms with E-state index in [1.165, 1.54) is 35.2 Å². The van der Waals surface area contributed by atoms with Crippen LogP contribution < -0.4 is 5.56 Å². The highest BCUT2D eigenvalue weighted by atomic mass is 32.2. The summed E-state index contributed by atoms with van der Waals surface area (Å²) in [5.74, 6) is 0.377. The molecule has 0 saturated heterocycles. The monoisotopic (exact) mass is 403 g/mol. The Morgan fingerprint density at radius 3 is 2.62 bits per heavy atom. The molecule has 0 aliphatic carbocycles. The van der Waals surface area contributed by atoms with E-state index >= 15 is 0 Å². The summed E-state index contributed by atoms with van der Waals surface area (Å²) in [5, 5.41) is 6.21. The van der Waals surface area contributed by atoms with Crippen molar-refractivity contribution < 1.29 is 4.39 Å². The zero-order valence-electron chi connectivity index (χ0n) is 14.0. The number of aromatic nitrogens is 3. The Morgan fingerprint density at radius 2 is 1.92 bits per heavy atom. The number of thiazole rings is 1. The lowest BCUT2D eigenvalue weighted by Gasteiger charge is -2.07. The Labute approximate surface area is 161 Å². The minimum Gasteiger partial charge on any atom is -0.290 e. The van der Waals surface area contributed by atoms with Crippen LogP contribution in [0.3, 0.4) is 0 Å². The van der Waals surface area contributed by atoms with Gasteiger partial charge in [-0.05, 0) is 24.6 Å². The van der Waals surface area contributed by atoms with Crippen molar-refractivity contribution in [2.24, 2.45) is 7.05 Å². The molecule has 3 heterocycles. The van der Waals surface area contributed by atoms with Crippen molar-refractivity contribution in [1.29, 1.82) is 0 Å². The fourth-order valence-electron chi connectivity index (χ4n) is 2.64. The Balaban J connectivity index is 1.73. The second-order valence-corrected chi connectivity index (χ2v) is 8.60. The van der Waals surface area contributed by atoms with E-state index < -0.39 is 0 Å². The van der Waals surface area contributed by atoms with E-state index in [4.69, 9.17) is 0 Å². The third-order valence-electron chi connectivity index (χ3n) is 3.95. The maximum Gasteiger partial charge on any atom is 0.263 e. The molecule has 26 heavy (non-hydrogen) atoms. The molecule has 3 aromatic heterocycles. The number of hydrogen-bond donors (Lipinski definition) is 0. The van der Waals surface area contributed by atoms with Crippen LogP contribution in [0.15, 0.2) is 45.0 Å². The SMILES string of the molecule is Cc1nc(CSc2nc3scc(-c4ccc(F)cc4)c3c(=O)n2C)cs1. The molecule has 0 aliphatic heterocycles. The van der Waals surface area contributed by atoms with Gasteiger partial charge in [-0.25, -0.2) is 14.4 Å². The molecule has 0 fully saturated rings. The highest BCUT2D eigenvalue weighted by Crippen LogP contribution is 2.32. The number of benzene rings is 1. The van der Waals surface area contributed by atoms with Gasteiger partial charge in [-0.3, -0.25) is 9.36 Å². The second-order valence-electron chi connectivity index (χ2n) is 5.74. The molecule has 4 aromatic rings. The largest absolute Gasteiger partial charge is 0.290 e. The van der Waals surface area contributed by atoms with Gasteiger partial charge in [-0.2, -0.15) is 0 Å². The van der Waals surface area contributed by atoms with Crippen molar-refractivity contribution in [3.63, 3.8) is 0 Å². The third kappa shape index (κ3) is 3.20. The summed E-state index contributed by atoms with van der Waals surface area (Å²) in [5.41, 5.74) is 2.51. The summed E-state index contributed by atoms with van der Waals surface area (Å²) in [6, 6.07) is 6.17. The van der Waals surface area contributed by atoms with E-state index in [0.29, 0.717) is 21.1 Å². The normalized spacial score (nSPS) is 11.3. The molecule has 4 nitrogen and oxygen atoms in total. The number of thioether (sulfide) groups is 1. The van der Waals surface area contributed by atoms with Gasteiger partial charge in [0.2, 0.25) is 0 Å². The quantitative estimate of drug-likeness (QED) is 0.361. The lowest BCUT2D eigenvalue weighted by atomic mass is 10.1. The van der Waals surface area contributed by atoms with Crippen molar-refractivity contribution in [2.45, 2.75) is 17.8 Å². The molecule has 132 valence electrons. The van der Waals surface area contributed by atoms with Crippen molar-refractivity contribution in [3.05, 3.63) is 61.9 Å². The minimum absolute atomic E-state index is 0.0902. The van der Waals surface area contributed by atoms with Crippen LogP contribution in [0.2, 0.25) is 0 Å². The van der Waals surface area contributed by atoms with E-state index in [0.717, 1.165) is 21.8 Å². The Hall–Kier alpha value is -2.03. The molecule has 0 unspecified atom stereocenters. The van der Waals surface area contributed by atoms with Crippen LogP contribution >= 0.6 is 34.4 Å². The van der Waals surface area contributed by atoms with Crippen molar-refractivity contribution >= 4 is 44.7 Å². The summed E-state index contributed by atoms with van der Waals surface area (Å²) in [6.07, 6.45) is 0. The molecule has 1 aromatic carbocycles. The van der Waals surface area contributed by atoms with Gasteiger partial charge in [-0.15, -0.1) is 22.7 Å². The average molecular weight is 404 g/mol. The number of hydrogen-bond acceptors (Lipinski definition) is 6. The van der Waals surface area contributed by atoms with Crippen LogP contribution in [0.4, 0.5) is 4.39 Å². The van der Waals surface area contributed by atoms with Crippen molar-refractivity contribution in [3.8, 4) is 11.1 Å². The maximum atomic E-state index is 13.2. The summed E-state index contributed by atoms with van der Waals surface area (Å²) < 4.78 is 14.8. The molecular weight excluding hydrogens is 389 g/mol. The second kappa shape index (κ2) is 6.94. The lowest BCUT2D eigenvalue weighted by Crippen LogP contribution is -2.19. The molecule has 0 saturated carbocycles. The fourth-order valence-corrected chi connectivity index (χ4v) is 5.21. The molecule has 8 heteroatoms. The summed E-state index contributed by atoms with van der Waals surface area (Å²) in [7, 11) is 1.73. The van der Waals surface area contributed by atoms with Gasteiger partial charge in [0.1, 0.15) is 10.6 Å². The van der Waals surface area contributed by atoms with Gasteiger partial charge in [0.15, 0.2) is 5.16 Å². The van der Waals surface area contributed by atoms with Gasteiger partial charge in [0.25, 0.3) is 5.56 Å². The molecule has 0 atom stereocenters. The summed E-state index contributed by atoms with van der Waals surface area (Å²) in [6.45, 7) is 1.97. The van der Waals surface area contributed by atoms with E-state index in [2.05, 4.69) is 9.97 Å². The van der Waals surface area contributed by atoms with Crippen LogP contribution in [0, 0.1) is 12.7 Å². The number of halogens is 1. The molecule has 0 bridgehead atoms. The first-order valence-corrected chi connectivity index (χ1v) is 10.6. The first kappa shape index (κ1) is 17.4. The third-order valence-corrected chi connectivity index (χ3v) is 6.70. The van der Waals surface area contributed by atoms with E-state index in [1.807, 2.05) is 17.7 Å². The molecule has 4 rings (SSSR count). The predicted molar refractivity (Wildman–Crippen MR) is 107 cm³/mol. The molecule has 0 amide bonds. The smallest absolute Gasteiger partial charge is 0.263 e. The highest BCUT2D eigenvalue weighted by Gasteiger charge is 2.16. The number of thiophene rings is 1. The van der Waals surface area contributed by atoms with Crippen LogP contribution in [0.25, 0.3) is 21.3 Å². The van der Waals surface area contributed by atoms with Gasteiger partial charge in [-0.1, -0.05) is 23.9 Å². The molecular formula is C18H14FN3OS3. The number of fused-ring (bicyclic) bond motifs is 1. The standard InChI is InChI=1S/C18H14FN3OS3/c1-10-20-13(7-24-10)8-26-18-21-16-15(17(23)22(18)2)14(9-25-16)11-3-5-12(19)6-4-11/h3-7,9H,8H2,1-2H3. The van der Waals surface area contributed by atoms with Crippen LogP contribution in [0.1, 0.15) is 10.7 Å². The number of aryl methyl sites for hydroxylation is 1. The minimum atomic E-state index is -0.296. The average Bonchev–Trinajstić information content (AvgIpc) is 3.24. The van der Waals surface area contributed by atoms with Gasteiger partial charge in [0.05, 0.1) is 16.1 Å². The van der Waals surface area contributed by atoms with Gasteiger partial charge >= 0.3 is 0 Å². The molecule has 0 radical (unpaired) electrons. The summed E-state index contributed by atoms with van der Waals surface area (Å²) in [4.78, 5) is 22.7. The Morgan fingerprint density at radius 1 is 1.15 bits per heavy atom. The number of rotatable bonds is 4. The van der Waals surface area contributed by atoms with Crippen LogP contribution in [0.5, 0.6) is 0 Å². The fraction of sp³-hybridized carbons (Fsp3) is 0.167. The van der Waals surface area contributed by atoms with Crippen molar-refractivity contribution in [1.82, 2.24) is 14.5 Å². The zero-order valence-corrected chi connectivity index (χ0v) is 16.5. The first-order chi connectivity index (χ1) is 12.5. The van der Waals surface area contributed by atoms with Crippen LogP contribution in [-0.4, -0.2) is 14.5 Å². The molecule has 0 aliphatic rings. The van der Waals surface area contributed by atoms with E-state index in [1.54, 1.807) is 35.1 Å². The Kier molecular flexibility index (Phi) is 4.64. The summed E-state index contributed by atoms with van der Waals surface area (Å²) >= 11 is 4.55. The van der Waals surface area contributed by atoms with Gasteiger partial charge in [0, 0.05) is 29.1 Å². The van der Waals surface area contributed by atoms with Crippen molar-refractivity contribution in [2.75, 3.05) is 0 Å². The van der Waals surface area contributed by atoms with Gasteiger partial charge < -0.3 is 0 Å². The lowest BCUT2D eigenvalue weighted by molar-refractivity contribution is 0.628. The highest BCUT2D eigenvalue weighted by molar-refractivity contribution is 7.98. The Bertz CT molecular complexity index is 1140. The first-order valence-electron chi connectivity index (χ1n) is 7.81. The topological polar surface area (TPSA) is 47.8 Å². The van der Waals surface area contributed by atoms with E-state index in [-0.39, 0.29) is 11.4 Å². The maximum absolute atomic E-state index is 13.2. The van der Waals surface area contributed by atoms with Crippen LogP contribution in [-0.2, 0) is 12.8 Å². The number of nitrogens with zero attached hydrogens (tertiary/aromatic N) is 3. The molecule has 0 N–H and O–H groups in total. The zero-order chi connectivity index (χ0) is 18.3.